The Hall–Kier alpha value is -3.88. The van der Waals surface area contributed by atoms with Crippen LogP contribution in [-0.2, 0) is 11.8 Å². The minimum absolute atomic E-state index is 0.259. The summed E-state index contributed by atoms with van der Waals surface area (Å²) in [6, 6.07) is 10.8. The highest BCUT2D eigenvalue weighted by Gasteiger charge is 2.22. The number of carbonyl (C=O) groups excluding carboxylic acids is 1. The first kappa shape index (κ1) is 20.0. The Morgan fingerprint density at radius 1 is 1.16 bits per heavy atom. The molecule has 160 valence electrons. The molecule has 1 amide bonds. The van der Waals surface area contributed by atoms with Gasteiger partial charge in [-0.1, -0.05) is 11.3 Å². The average Bonchev–Trinajstić information content (AvgIpc) is 3.43. The maximum absolute atomic E-state index is 13.1. The maximum atomic E-state index is 13.1. The summed E-state index contributed by atoms with van der Waals surface area (Å²) >= 11 is 1.30. The van der Waals surface area contributed by atoms with Gasteiger partial charge in [0.05, 0.1) is 30.2 Å². The van der Waals surface area contributed by atoms with Crippen LogP contribution in [0.1, 0.15) is 16.1 Å². The van der Waals surface area contributed by atoms with Crippen LogP contribution in [0.2, 0.25) is 0 Å². The van der Waals surface area contributed by atoms with E-state index in [1.807, 2.05) is 36.2 Å². The quantitative estimate of drug-likeness (QED) is 0.507. The molecule has 32 heavy (non-hydrogen) atoms. The number of anilines is 2. The van der Waals surface area contributed by atoms with E-state index in [0.29, 0.717) is 53.2 Å². The number of rotatable bonds is 4. The fraction of sp³-hybridized carbons (Fsp3) is 0.238. The number of nitrogens with zero attached hydrogens (tertiary/aromatic N) is 7. The van der Waals surface area contributed by atoms with E-state index in [4.69, 9.17) is 4.74 Å². The Bertz CT molecular complexity index is 1350. The molecular formula is C21H18N8O2S. The Morgan fingerprint density at radius 2 is 2.00 bits per heavy atom. The first-order valence-electron chi connectivity index (χ1n) is 9.93. The van der Waals surface area contributed by atoms with Crippen molar-refractivity contribution in [3.8, 4) is 17.5 Å². The van der Waals surface area contributed by atoms with Crippen molar-refractivity contribution in [3.05, 3.63) is 47.8 Å². The monoisotopic (exact) mass is 446 g/mol. The topological polar surface area (TPSA) is 122 Å². The van der Waals surface area contributed by atoms with Crippen LogP contribution >= 0.6 is 11.3 Å². The van der Waals surface area contributed by atoms with E-state index in [-0.39, 0.29) is 11.6 Å². The van der Waals surface area contributed by atoms with E-state index in [1.165, 1.54) is 11.3 Å². The van der Waals surface area contributed by atoms with E-state index < -0.39 is 0 Å². The number of aromatic nitrogens is 5. The SMILES string of the molecule is Cn1nccc1-c1ccc2nc(NC(=O)c3ccc(C#N)nc3N3CCOCC3)sc2n1. The van der Waals surface area contributed by atoms with Crippen molar-refractivity contribution in [1.82, 2.24) is 24.7 Å². The number of thiazole rings is 1. The molecule has 1 saturated heterocycles. The number of nitrogens with one attached hydrogen (secondary N) is 1. The van der Waals surface area contributed by atoms with Crippen LogP contribution in [0.4, 0.5) is 10.9 Å². The van der Waals surface area contributed by atoms with Gasteiger partial charge in [0.1, 0.15) is 27.9 Å². The fourth-order valence-electron chi connectivity index (χ4n) is 3.51. The van der Waals surface area contributed by atoms with Gasteiger partial charge in [0.25, 0.3) is 5.91 Å². The highest BCUT2D eigenvalue weighted by Crippen LogP contribution is 2.28. The molecular weight excluding hydrogens is 428 g/mol. The highest BCUT2D eigenvalue weighted by molar-refractivity contribution is 7.22. The summed E-state index contributed by atoms with van der Waals surface area (Å²) in [4.78, 5) is 29.3. The Kier molecular flexibility index (Phi) is 5.22. The number of nitriles is 1. The number of pyridine rings is 2. The highest BCUT2D eigenvalue weighted by atomic mass is 32.1. The van der Waals surface area contributed by atoms with Gasteiger partial charge in [-0.2, -0.15) is 10.4 Å². The van der Waals surface area contributed by atoms with Crippen LogP contribution in [0.15, 0.2) is 36.5 Å². The van der Waals surface area contributed by atoms with Crippen LogP contribution in [0.25, 0.3) is 21.7 Å². The van der Waals surface area contributed by atoms with Crippen LogP contribution < -0.4 is 10.2 Å². The standard InChI is InChI=1S/C21H18N8O2S/c1-28-17(6-7-23-28)15-4-5-16-20(25-15)32-21(26-16)27-19(30)14-3-2-13(12-22)24-18(14)29-8-10-31-11-9-29/h2-7H,8-11H2,1H3,(H,26,27,30). The van der Waals surface area contributed by atoms with E-state index in [1.54, 1.807) is 23.0 Å². The van der Waals surface area contributed by atoms with Gasteiger partial charge < -0.3 is 9.64 Å². The zero-order valence-electron chi connectivity index (χ0n) is 17.1. The second-order valence-corrected chi connectivity index (χ2v) is 8.09. The van der Waals surface area contributed by atoms with Gasteiger partial charge in [-0.25, -0.2) is 15.0 Å². The van der Waals surface area contributed by atoms with Crippen molar-refractivity contribution >= 4 is 38.5 Å². The third-order valence-corrected chi connectivity index (χ3v) is 5.98. The second kappa shape index (κ2) is 8.33. The number of hydrogen-bond acceptors (Lipinski definition) is 9. The zero-order chi connectivity index (χ0) is 22.1. The van der Waals surface area contributed by atoms with Crippen molar-refractivity contribution < 1.29 is 9.53 Å². The molecule has 0 aliphatic carbocycles. The van der Waals surface area contributed by atoms with Crippen LogP contribution in [-0.4, -0.2) is 56.9 Å². The zero-order valence-corrected chi connectivity index (χ0v) is 18.0. The minimum atomic E-state index is -0.339. The minimum Gasteiger partial charge on any atom is -0.378 e. The third kappa shape index (κ3) is 3.77. The smallest absolute Gasteiger partial charge is 0.261 e. The number of fused-ring (bicyclic) bond motifs is 1. The van der Waals surface area contributed by atoms with Crippen LogP contribution in [0, 0.1) is 11.3 Å². The number of ether oxygens (including phenoxy) is 1. The molecule has 10 nitrogen and oxygen atoms in total. The van der Waals surface area contributed by atoms with Crippen molar-refractivity contribution in [2.45, 2.75) is 0 Å². The van der Waals surface area contributed by atoms with Gasteiger partial charge in [0.15, 0.2) is 5.13 Å². The lowest BCUT2D eigenvalue weighted by Crippen LogP contribution is -2.38. The summed E-state index contributed by atoms with van der Waals surface area (Å²) < 4.78 is 7.15. The average molecular weight is 446 g/mol. The molecule has 4 aromatic rings. The van der Waals surface area contributed by atoms with Crippen molar-refractivity contribution in [2.24, 2.45) is 7.05 Å². The molecule has 0 spiro atoms. The van der Waals surface area contributed by atoms with Crippen molar-refractivity contribution in [3.63, 3.8) is 0 Å². The van der Waals surface area contributed by atoms with E-state index in [9.17, 15) is 10.1 Å². The van der Waals surface area contributed by atoms with Gasteiger partial charge in [-0.3, -0.25) is 14.8 Å². The predicted molar refractivity (Wildman–Crippen MR) is 120 cm³/mol. The summed E-state index contributed by atoms with van der Waals surface area (Å²) in [5, 5.41) is 16.7. The molecule has 1 N–H and O–H groups in total. The number of aryl methyl sites for hydroxylation is 1. The molecule has 1 aliphatic heterocycles. The molecule has 0 saturated carbocycles. The largest absolute Gasteiger partial charge is 0.378 e. The van der Waals surface area contributed by atoms with Crippen molar-refractivity contribution in [2.75, 3.05) is 36.5 Å². The molecule has 11 heteroatoms. The van der Waals surface area contributed by atoms with E-state index in [2.05, 4.69) is 25.4 Å². The second-order valence-electron chi connectivity index (χ2n) is 7.11. The third-order valence-electron chi connectivity index (χ3n) is 5.10. The van der Waals surface area contributed by atoms with E-state index >= 15 is 0 Å². The summed E-state index contributed by atoms with van der Waals surface area (Å²) in [6.45, 7) is 2.29. The normalized spacial score (nSPS) is 13.8. The first-order chi connectivity index (χ1) is 15.6. The van der Waals surface area contributed by atoms with Gasteiger partial charge in [-0.05, 0) is 30.3 Å². The van der Waals surface area contributed by atoms with Gasteiger partial charge >= 0.3 is 0 Å². The maximum Gasteiger partial charge on any atom is 0.261 e. The fourth-order valence-corrected chi connectivity index (χ4v) is 4.34. The summed E-state index contributed by atoms with van der Waals surface area (Å²) in [5.74, 6) is 0.136. The van der Waals surface area contributed by atoms with Gasteiger partial charge in [0, 0.05) is 26.3 Å². The van der Waals surface area contributed by atoms with Gasteiger partial charge in [0.2, 0.25) is 0 Å². The summed E-state index contributed by atoms with van der Waals surface area (Å²) in [7, 11) is 1.86. The summed E-state index contributed by atoms with van der Waals surface area (Å²) in [6.07, 6.45) is 1.72. The molecule has 5 heterocycles. The first-order valence-corrected chi connectivity index (χ1v) is 10.7. The predicted octanol–water partition coefficient (Wildman–Crippen LogP) is 2.45. The number of hydrogen-bond donors (Lipinski definition) is 1. The molecule has 1 aliphatic rings. The molecule has 0 bridgehead atoms. The number of amides is 1. The Balaban J connectivity index is 1.43. The molecule has 4 aromatic heterocycles. The number of carbonyl (C=O) groups is 1. The Labute approximate surface area is 187 Å². The van der Waals surface area contributed by atoms with Crippen LogP contribution in [0.3, 0.4) is 0 Å². The summed E-state index contributed by atoms with van der Waals surface area (Å²) in [5.41, 5.74) is 3.01. The molecule has 0 radical (unpaired) electrons. The molecule has 0 unspecified atom stereocenters. The molecule has 0 aromatic carbocycles. The lowest BCUT2D eigenvalue weighted by Gasteiger charge is -2.29. The lowest BCUT2D eigenvalue weighted by atomic mass is 10.2. The van der Waals surface area contributed by atoms with Crippen LogP contribution in [0.5, 0.6) is 0 Å². The molecule has 1 fully saturated rings. The lowest BCUT2D eigenvalue weighted by molar-refractivity contribution is 0.102. The molecule has 0 atom stereocenters. The van der Waals surface area contributed by atoms with E-state index in [0.717, 1.165) is 11.4 Å². The molecule has 5 rings (SSSR count). The number of morpholine rings is 1. The Morgan fingerprint density at radius 3 is 2.75 bits per heavy atom. The van der Waals surface area contributed by atoms with Gasteiger partial charge in [-0.15, -0.1) is 0 Å². The van der Waals surface area contributed by atoms with Crippen molar-refractivity contribution in [1.29, 1.82) is 5.26 Å².